The number of esters is 1. The molecule has 2 unspecified atom stereocenters. The van der Waals surface area contributed by atoms with Gasteiger partial charge in [0.25, 0.3) is 5.91 Å². The van der Waals surface area contributed by atoms with E-state index >= 15 is 0 Å². The van der Waals surface area contributed by atoms with Crippen LogP contribution in [0.2, 0.25) is 5.02 Å². The van der Waals surface area contributed by atoms with Gasteiger partial charge in [-0.15, -0.1) is 13.2 Å². The number of para-hydroxylation sites is 1. The fourth-order valence-corrected chi connectivity index (χ4v) is 6.84. The third-order valence-corrected chi connectivity index (χ3v) is 8.43. The number of unbranched alkanes of at least 4 members (excludes halogenated alkanes) is 1. The van der Waals surface area contributed by atoms with Gasteiger partial charge in [-0.05, 0) is 50.2 Å². The van der Waals surface area contributed by atoms with Gasteiger partial charge in [-0.25, -0.2) is 0 Å². The number of amides is 2. The monoisotopic (exact) mass is 558 g/mol. The van der Waals surface area contributed by atoms with Crippen molar-refractivity contribution in [2.75, 3.05) is 24.7 Å². The van der Waals surface area contributed by atoms with E-state index in [4.69, 9.17) is 21.1 Å². The molecule has 2 bridgehead atoms. The summed E-state index contributed by atoms with van der Waals surface area (Å²) in [4.78, 5) is 45.1. The van der Waals surface area contributed by atoms with Crippen molar-refractivity contribution in [2.45, 2.75) is 69.7 Å². The van der Waals surface area contributed by atoms with Gasteiger partial charge in [0.2, 0.25) is 5.91 Å². The molecule has 3 aliphatic rings. The molecule has 0 radical (unpaired) electrons. The molecule has 3 fully saturated rings. The maximum absolute atomic E-state index is 14.5. The van der Waals surface area contributed by atoms with Gasteiger partial charge in [0, 0.05) is 6.54 Å². The molecule has 2 amide bonds. The zero-order chi connectivity index (χ0) is 28.3. The second-order valence-corrected chi connectivity index (χ2v) is 11.5. The first-order valence-electron chi connectivity index (χ1n) is 13.8. The predicted molar refractivity (Wildman–Crippen MR) is 149 cm³/mol. The van der Waals surface area contributed by atoms with E-state index in [0.717, 1.165) is 0 Å². The minimum atomic E-state index is -1.20. The minimum Gasteiger partial charge on any atom is -0.465 e. The lowest BCUT2D eigenvalue weighted by Gasteiger charge is -2.39. The average Bonchev–Trinajstić information content (AvgIpc) is 3.56. The maximum Gasteiger partial charge on any atom is 0.312 e. The molecule has 9 heteroatoms. The third-order valence-electron chi connectivity index (χ3n) is 8.11. The van der Waals surface area contributed by atoms with Gasteiger partial charge in [0.05, 0.1) is 47.9 Å². The molecule has 4 rings (SSSR count). The van der Waals surface area contributed by atoms with Crippen molar-refractivity contribution < 1.29 is 29.0 Å². The summed E-state index contributed by atoms with van der Waals surface area (Å²) in [6, 6.07) is 5.35. The summed E-state index contributed by atoms with van der Waals surface area (Å²) in [6.07, 6.45) is 5.68. The van der Waals surface area contributed by atoms with Gasteiger partial charge in [-0.1, -0.05) is 49.7 Å². The number of rotatable bonds is 13. The zero-order valence-electron chi connectivity index (χ0n) is 22.8. The molecule has 39 heavy (non-hydrogen) atoms. The number of benzene rings is 1. The lowest BCUT2D eigenvalue weighted by Crippen LogP contribution is -2.59. The highest BCUT2D eigenvalue weighted by Crippen LogP contribution is 2.59. The number of allylic oxidation sites excluding steroid dienone is 1. The highest BCUT2D eigenvalue weighted by atomic mass is 35.5. The fraction of sp³-hybridized carbons (Fsp3) is 0.567. The van der Waals surface area contributed by atoms with E-state index in [9.17, 15) is 19.5 Å². The molecule has 0 aliphatic carbocycles. The van der Waals surface area contributed by atoms with Crippen molar-refractivity contribution in [1.82, 2.24) is 4.90 Å². The molecule has 1 spiro atoms. The van der Waals surface area contributed by atoms with Gasteiger partial charge in [0.1, 0.15) is 11.6 Å². The first-order valence-corrected chi connectivity index (χ1v) is 14.1. The van der Waals surface area contributed by atoms with Crippen molar-refractivity contribution in [1.29, 1.82) is 0 Å². The number of nitrogens with zero attached hydrogens (tertiary/aromatic N) is 2. The van der Waals surface area contributed by atoms with Crippen LogP contribution in [0.25, 0.3) is 0 Å². The van der Waals surface area contributed by atoms with Crippen LogP contribution in [0.3, 0.4) is 0 Å². The van der Waals surface area contributed by atoms with Crippen LogP contribution in [0.15, 0.2) is 49.6 Å². The molecule has 0 saturated carbocycles. The molecule has 3 heterocycles. The van der Waals surface area contributed by atoms with Crippen molar-refractivity contribution in [3.63, 3.8) is 0 Å². The first kappa shape index (κ1) is 29.3. The predicted octanol–water partition coefficient (Wildman–Crippen LogP) is 4.15. The Morgan fingerprint density at radius 1 is 1.31 bits per heavy atom. The highest BCUT2D eigenvalue weighted by molar-refractivity contribution is 6.34. The zero-order valence-corrected chi connectivity index (χ0v) is 23.5. The number of carbonyl (C=O) groups is 3. The number of ether oxygens (including phenoxy) is 2. The number of aliphatic hydroxyl groups is 1. The van der Waals surface area contributed by atoms with Crippen LogP contribution >= 0.6 is 11.6 Å². The van der Waals surface area contributed by atoms with E-state index in [0.29, 0.717) is 42.8 Å². The molecule has 3 saturated heterocycles. The molecule has 1 N–H and O–H groups in total. The van der Waals surface area contributed by atoms with Gasteiger partial charge >= 0.3 is 5.97 Å². The Bertz CT molecular complexity index is 1110. The molecule has 212 valence electrons. The summed E-state index contributed by atoms with van der Waals surface area (Å²) in [6.45, 7) is 11.6. The van der Waals surface area contributed by atoms with E-state index in [1.165, 1.54) is 9.80 Å². The summed E-state index contributed by atoms with van der Waals surface area (Å²) >= 11 is 6.51. The Labute approximate surface area is 235 Å². The van der Waals surface area contributed by atoms with Crippen LogP contribution in [0, 0.1) is 17.8 Å². The average molecular weight is 559 g/mol. The Balaban J connectivity index is 1.76. The van der Waals surface area contributed by atoms with Crippen LogP contribution < -0.4 is 4.90 Å². The summed E-state index contributed by atoms with van der Waals surface area (Å²) in [5.74, 6) is -2.71. The number of carbonyl (C=O) groups excluding carboxylic acids is 3. The molecule has 0 aromatic heterocycles. The molecular weight excluding hydrogens is 520 g/mol. The van der Waals surface area contributed by atoms with Gasteiger partial charge < -0.3 is 24.4 Å². The highest BCUT2D eigenvalue weighted by Gasteiger charge is 2.75. The van der Waals surface area contributed by atoms with Crippen LogP contribution in [-0.2, 0) is 23.9 Å². The molecule has 1 aromatic rings. The van der Waals surface area contributed by atoms with E-state index in [-0.39, 0.29) is 37.5 Å². The van der Waals surface area contributed by atoms with Crippen molar-refractivity contribution in [3.05, 3.63) is 54.6 Å². The quantitative estimate of drug-likeness (QED) is 0.222. The van der Waals surface area contributed by atoms with E-state index in [1.54, 1.807) is 36.4 Å². The van der Waals surface area contributed by atoms with Gasteiger partial charge in [-0.3, -0.25) is 14.4 Å². The second-order valence-electron chi connectivity index (χ2n) is 11.1. The standard InChI is InChI=1S/C30H39ClN2O6/c1-5-7-10-16-38-29(37)24-23-13-14-30(39-23)25(24)27(35)33(20(18-34)17-19(3)4)26(30)28(36)32(15-6-2)22-12-9-8-11-21(22)31/h5-6,8-9,11-12,19-20,23-26,34H,1-2,7,10,13-18H2,3-4H3/t20-,23-,24+,25+,26?,30?/m1/s1. The van der Waals surface area contributed by atoms with E-state index < -0.39 is 41.6 Å². The van der Waals surface area contributed by atoms with Gasteiger partial charge in [-0.2, -0.15) is 0 Å². The Kier molecular flexibility index (Phi) is 9.19. The summed E-state index contributed by atoms with van der Waals surface area (Å²) < 4.78 is 12.1. The fourth-order valence-electron chi connectivity index (χ4n) is 6.60. The molecule has 8 nitrogen and oxygen atoms in total. The van der Waals surface area contributed by atoms with Crippen LogP contribution in [-0.4, -0.2) is 71.3 Å². The SMILES string of the molecule is C=CCCCOC(=O)[C@@H]1[C@H]2C(=O)N([C@@H](CO)CC(C)C)C(C(=O)N(CC=C)c3ccccc3Cl)C23CC[C@H]1O3. The topological polar surface area (TPSA) is 96.4 Å². The molecule has 1 aromatic carbocycles. The Morgan fingerprint density at radius 2 is 2.05 bits per heavy atom. The second kappa shape index (κ2) is 12.2. The summed E-state index contributed by atoms with van der Waals surface area (Å²) in [5.41, 5.74) is -0.708. The van der Waals surface area contributed by atoms with E-state index in [1.807, 2.05) is 13.8 Å². The number of halogens is 1. The minimum absolute atomic E-state index is 0.152. The maximum atomic E-state index is 14.5. The Hall–Kier alpha value is -2.68. The number of anilines is 1. The van der Waals surface area contributed by atoms with Gasteiger partial charge in [0.15, 0.2) is 0 Å². The third kappa shape index (κ3) is 5.26. The number of fused-ring (bicyclic) bond motifs is 1. The van der Waals surface area contributed by atoms with Crippen molar-refractivity contribution >= 4 is 35.1 Å². The lowest BCUT2D eigenvalue weighted by atomic mass is 9.70. The number of aliphatic hydroxyl groups excluding tert-OH is 1. The molecule has 6 atom stereocenters. The normalized spacial score (nSPS) is 27.9. The number of likely N-dealkylation sites (tertiary alicyclic amines) is 1. The largest absolute Gasteiger partial charge is 0.465 e. The van der Waals surface area contributed by atoms with Crippen LogP contribution in [0.5, 0.6) is 0 Å². The smallest absolute Gasteiger partial charge is 0.312 e. The van der Waals surface area contributed by atoms with E-state index in [2.05, 4.69) is 13.2 Å². The molecule has 3 aliphatic heterocycles. The van der Waals surface area contributed by atoms with Crippen LogP contribution in [0.1, 0.15) is 46.0 Å². The van der Waals surface area contributed by atoms with Crippen molar-refractivity contribution in [2.24, 2.45) is 17.8 Å². The first-order chi connectivity index (χ1) is 18.7. The van der Waals surface area contributed by atoms with Crippen LogP contribution in [0.4, 0.5) is 5.69 Å². The summed E-state index contributed by atoms with van der Waals surface area (Å²) in [7, 11) is 0. The Morgan fingerprint density at radius 3 is 2.69 bits per heavy atom. The lowest BCUT2D eigenvalue weighted by molar-refractivity contribution is -0.156. The number of hydrogen-bond donors (Lipinski definition) is 1. The number of hydrogen-bond acceptors (Lipinski definition) is 6. The summed E-state index contributed by atoms with van der Waals surface area (Å²) in [5, 5.41) is 10.8. The molecular formula is C30H39ClN2O6. The van der Waals surface area contributed by atoms with Crippen molar-refractivity contribution in [3.8, 4) is 0 Å².